The van der Waals surface area contributed by atoms with Crippen molar-refractivity contribution in [3.05, 3.63) is 23.5 Å². The largest absolute Gasteiger partial charge is 0.345 e. The van der Waals surface area contributed by atoms with E-state index in [0.717, 1.165) is 25.6 Å². The number of aromatic nitrogens is 1. The predicted octanol–water partition coefficient (Wildman–Crippen LogP) is 2.09. The molecule has 0 spiro atoms. The Morgan fingerprint density at radius 2 is 2.14 bits per heavy atom. The van der Waals surface area contributed by atoms with E-state index in [-0.39, 0.29) is 12.1 Å². The first kappa shape index (κ1) is 13.4. The van der Waals surface area contributed by atoms with Crippen LogP contribution in [0.3, 0.4) is 0 Å². The minimum Gasteiger partial charge on any atom is -0.345 e. The topological polar surface area (TPSA) is 37.3 Å². The van der Waals surface area contributed by atoms with Crippen molar-refractivity contribution < 1.29 is 4.79 Å². The summed E-state index contributed by atoms with van der Waals surface area (Å²) < 4.78 is 2.36. The Labute approximate surface area is 126 Å². The molecule has 4 nitrogen and oxygen atoms in total. The zero-order chi connectivity index (χ0) is 14.6. The summed E-state index contributed by atoms with van der Waals surface area (Å²) in [5.74, 6) is 1.66. The molecule has 21 heavy (non-hydrogen) atoms. The Morgan fingerprint density at radius 3 is 3.00 bits per heavy atom. The highest BCUT2D eigenvalue weighted by Crippen LogP contribution is 2.39. The molecule has 0 bridgehead atoms. The van der Waals surface area contributed by atoms with Gasteiger partial charge in [0.1, 0.15) is 0 Å². The van der Waals surface area contributed by atoms with E-state index in [1.54, 1.807) is 0 Å². The van der Waals surface area contributed by atoms with Crippen LogP contribution in [0.25, 0.3) is 0 Å². The first-order chi connectivity index (χ1) is 10.2. The van der Waals surface area contributed by atoms with Crippen LogP contribution >= 0.6 is 0 Å². The number of fused-ring (bicyclic) bond motifs is 2. The third kappa shape index (κ3) is 1.95. The fourth-order valence-corrected chi connectivity index (χ4v) is 4.76. The number of nitrogens with one attached hydrogen (secondary N) is 1. The number of amides is 1. The number of aryl methyl sites for hydroxylation is 1. The van der Waals surface area contributed by atoms with Crippen LogP contribution in [0.1, 0.15) is 43.6 Å². The Hall–Kier alpha value is -1.29. The number of carbonyl (C=O) groups excluding carboxylic acids is 1. The average molecular weight is 287 g/mol. The van der Waals surface area contributed by atoms with Crippen molar-refractivity contribution in [3.8, 4) is 0 Å². The lowest BCUT2D eigenvalue weighted by molar-refractivity contribution is -0.137. The average Bonchev–Trinajstić information content (AvgIpc) is 3.14. The van der Waals surface area contributed by atoms with Gasteiger partial charge in [-0.15, -0.1) is 0 Å². The summed E-state index contributed by atoms with van der Waals surface area (Å²) in [6.07, 6.45) is 3.84. The number of nitrogens with zero attached hydrogens (tertiary/aromatic N) is 2. The van der Waals surface area contributed by atoms with Gasteiger partial charge >= 0.3 is 0 Å². The van der Waals surface area contributed by atoms with Crippen LogP contribution in [-0.4, -0.2) is 34.5 Å². The second-order valence-corrected chi connectivity index (χ2v) is 7.00. The van der Waals surface area contributed by atoms with Crippen molar-refractivity contribution in [1.29, 1.82) is 0 Å². The molecule has 1 N–H and O–H groups in total. The van der Waals surface area contributed by atoms with Gasteiger partial charge in [-0.1, -0.05) is 6.42 Å². The maximum absolute atomic E-state index is 13.0. The van der Waals surface area contributed by atoms with Gasteiger partial charge in [0, 0.05) is 24.5 Å². The summed E-state index contributed by atoms with van der Waals surface area (Å²) >= 11 is 0. The lowest BCUT2D eigenvalue weighted by Crippen LogP contribution is -2.50. The van der Waals surface area contributed by atoms with Gasteiger partial charge in [-0.2, -0.15) is 0 Å². The van der Waals surface area contributed by atoms with Gasteiger partial charge in [0.2, 0.25) is 5.91 Å². The molecule has 2 aliphatic heterocycles. The molecule has 0 aromatic carbocycles. The van der Waals surface area contributed by atoms with Crippen molar-refractivity contribution in [3.63, 3.8) is 0 Å². The van der Waals surface area contributed by atoms with Gasteiger partial charge in [0.25, 0.3) is 0 Å². The van der Waals surface area contributed by atoms with Gasteiger partial charge < -0.3 is 14.8 Å². The van der Waals surface area contributed by atoms with Crippen LogP contribution in [0, 0.1) is 18.8 Å². The number of rotatable bonds is 1. The highest BCUT2D eigenvalue weighted by Gasteiger charge is 2.45. The fraction of sp³-hybridized carbons (Fsp3) is 0.706. The number of hydrogen-bond donors (Lipinski definition) is 1. The van der Waals surface area contributed by atoms with Gasteiger partial charge in [0.15, 0.2) is 0 Å². The molecule has 3 aliphatic rings. The molecule has 1 amide bonds. The summed E-state index contributed by atoms with van der Waals surface area (Å²) in [4.78, 5) is 15.1. The molecule has 1 saturated heterocycles. The van der Waals surface area contributed by atoms with E-state index in [0.29, 0.717) is 11.8 Å². The Bertz CT molecular complexity index is 564. The molecule has 114 valence electrons. The molecule has 3 heterocycles. The maximum Gasteiger partial charge on any atom is 0.240 e. The molecular formula is C17H25N3O. The summed E-state index contributed by atoms with van der Waals surface area (Å²) in [5, 5.41) is 3.51. The Morgan fingerprint density at radius 1 is 1.29 bits per heavy atom. The first-order valence-electron chi connectivity index (χ1n) is 8.36. The predicted molar refractivity (Wildman–Crippen MR) is 81.9 cm³/mol. The van der Waals surface area contributed by atoms with Gasteiger partial charge in [0.05, 0.1) is 12.1 Å². The van der Waals surface area contributed by atoms with Crippen LogP contribution < -0.4 is 5.32 Å². The normalized spacial score (nSPS) is 34.9. The van der Waals surface area contributed by atoms with Crippen LogP contribution in [0.2, 0.25) is 0 Å². The third-order valence-electron chi connectivity index (χ3n) is 5.99. The maximum atomic E-state index is 13.0. The molecule has 4 rings (SSSR count). The molecule has 0 radical (unpaired) electrons. The third-order valence-corrected chi connectivity index (χ3v) is 5.99. The van der Waals surface area contributed by atoms with Crippen LogP contribution in [0.4, 0.5) is 0 Å². The first-order valence-corrected chi connectivity index (χ1v) is 8.36. The quantitative estimate of drug-likeness (QED) is 0.859. The Kier molecular flexibility index (Phi) is 3.10. The molecule has 4 atom stereocenters. The molecule has 1 aromatic heterocycles. The molecule has 4 unspecified atom stereocenters. The molecule has 1 aromatic rings. The van der Waals surface area contributed by atoms with Gasteiger partial charge in [-0.25, -0.2) is 0 Å². The number of carbonyl (C=O) groups is 1. The Balaban J connectivity index is 1.56. The van der Waals surface area contributed by atoms with Crippen molar-refractivity contribution in [2.75, 3.05) is 13.1 Å². The monoisotopic (exact) mass is 287 g/mol. The molecule has 1 aliphatic carbocycles. The van der Waals surface area contributed by atoms with Crippen molar-refractivity contribution in [1.82, 2.24) is 14.8 Å². The highest BCUT2D eigenvalue weighted by molar-refractivity contribution is 5.83. The van der Waals surface area contributed by atoms with E-state index in [2.05, 4.69) is 40.8 Å². The molecule has 1 saturated carbocycles. The second-order valence-electron chi connectivity index (χ2n) is 7.00. The summed E-state index contributed by atoms with van der Waals surface area (Å²) in [5.41, 5.74) is 2.59. The van der Waals surface area contributed by atoms with E-state index in [1.807, 2.05) is 0 Å². The van der Waals surface area contributed by atoms with E-state index < -0.39 is 0 Å². The smallest absolute Gasteiger partial charge is 0.240 e. The van der Waals surface area contributed by atoms with E-state index >= 15 is 0 Å². The standard InChI is InChI=1S/C17H25N3O/c1-11-6-7-15-12(2)20(9-8-19(11)15)17(21)16-14-5-3-4-13(14)10-18-16/h6-7,12-14,16,18H,3-5,8-10H2,1-2H3. The SMILES string of the molecule is Cc1ccc2n1CCN(C(=O)C1NCC3CCCC31)C2C. The van der Waals surface area contributed by atoms with Crippen molar-refractivity contribution in [2.45, 2.75) is 51.7 Å². The lowest BCUT2D eigenvalue weighted by atomic mass is 9.92. The van der Waals surface area contributed by atoms with Gasteiger partial charge in [-0.05, 0) is 57.2 Å². The van der Waals surface area contributed by atoms with Crippen molar-refractivity contribution >= 4 is 5.91 Å². The second kappa shape index (κ2) is 4.87. The van der Waals surface area contributed by atoms with Crippen LogP contribution in [0.5, 0.6) is 0 Å². The molecule has 2 fully saturated rings. The molecular weight excluding hydrogens is 262 g/mol. The lowest BCUT2D eigenvalue weighted by Gasteiger charge is -2.37. The number of hydrogen-bond acceptors (Lipinski definition) is 2. The minimum absolute atomic E-state index is 0.0718. The molecule has 4 heteroatoms. The van der Waals surface area contributed by atoms with E-state index in [9.17, 15) is 4.79 Å². The highest BCUT2D eigenvalue weighted by atomic mass is 16.2. The van der Waals surface area contributed by atoms with E-state index in [1.165, 1.54) is 30.7 Å². The zero-order valence-electron chi connectivity index (χ0n) is 13.0. The van der Waals surface area contributed by atoms with Crippen molar-refractivity contribution in [2.24, 2.45) is 11.8 Å². The fourth-order valence-electron chi connectivity index (χ4n) is 4.76. The summed E-state index contributed by atoms with van der Waals surface area (Å²) in [6.45, 7) is 7.14. The van der Waals surface area contributed by atoms with Gasteiger partial charge in [-0.3, -0.25) is 4.79 Å². The minimum atomic E-state index is 0.0718. The van der Waals surface area contributed by atoms with Crippen LogP contribution in [-0.2, 0) is 11.3 Å². The van der Waals surface area contributed by atoms with Crippen LogP contribution in [0.15, 0.2) is 12.1 Å². The summed E-state index contributed by atoms with van der Waals surface area (Å²) in [6, 6.07) is 4.62. The van der Waals surface area contributed by atoms with E-state index in [4.69, 9.17) is 0 Å². The zero-order valence-corrected chi connectivity index (χ0v) is 13.0. The summed E-state index contributed by atoms with van der Waals surface area (Å²) in [7, 11) is 0.